The van der Waals surface area contributed by atoms with Gasteiger partial charge < -0.3 is 10.6 Å². The maximum atomic E-state index is 13.1. The van der Waals surface area contributed by atoms with E-state index in [0.717, 1.165) is 12.8 Å². The van der Waals surface area contributed by atoms with Crippen molar-refractivity contribution >= 4 is 29.1 Å². The highest BCUT2D eigenvalue weighted by Gasteiger charge is 2.09. The molecular formula is C15H16ClFN4O. The molecular weight excluding hydrogens is 307 g/mol. The molecule has 2 aromatic rings. The molecule has 7 heteroatoms. The Morgan fingerprint density at radius 2 is 2.18 bits per heavy atom. The molecule has 0 spiro atoms. The Bertz CT molecular complexity index is 666. The van der Waals surface area contributed by atoms with Gasteiger partial charge in [0, 0.05) is 18.4 Å². The average Bonchev–Trinajstić information content (AvgIpc) is 2.51. The first kappa shape index (κ1) is 16.2. The number of hydrogen-bond donors (Lipinski definition) is 2. The molecule has 0 unspecified atom stereocenters. The van der Waals surface area contributed by atoms with E-state index < -0.39 is 5.82 Å². The third-order valence-corrected chi connectivity index (χ3v) is 3.17. The van der Waals surface area contributed by atoms with Crippen molar-refractivity contribution in [3.8, 4) is 0 Å². The van der Waals surface area contributed by atoms with Crippen molar-refractivity contribution in [2.75, 3.05) is 11.9 Å². The zero-order valence-electron chi connectivity index (χ0n) is 12.1. The monoisotopic (exact) mass is 322 g/mol. The lowest BCUT2D eigenvalue weighted by Crippen LogP contribution is -2.25. The number of anilines is 2. The SMILES string of the molecule is CCCCNC(=O)c1ccnc(Nc2ccc(F)c(Cl)c2)n1. The highest BCUT2D eigenvalue weighted by atomic mass is 35.5. The molecule has 0 bridgehead atoms. The molecule has 116 valence electrons. The first-order chi connectivity index (χ1) is 10.6. The number of rotatable bonds is 6. The third kappa shape index (κ3) is 4.39. The van der Waals surface area contributed by atoms with Crippen molar-refractivity contribution in [1.29, 1.82) is 0 Å². The van der Waals surface area contributed by atoms with Gasteiger partial charge in [-0.2, -0.15) is 0 Å². The molecule has 0 radical (unpaired) electrons. The molecule has 1 aromatic heterocycles. The van der Waals surface area contributed by atoms with Crippen LogP contribution in [0, 0.1) is 5.82 Å². The van der Waals surface area contributed by atoms with Crippen LogP contribution >= 0.6 is 11.6 Å². The van der Waals surface area contributed by atoms with Crippen LogP contribution in [-0.2, 0) is 0 Å². The number of benzene rings is 1. The van der Waals surface area contributed by atoms with Crippen LogP contribution in [-0.4, -0.2) is 22.4 Å². The fraction of sp³-hybridized carbons (Fsp3) is 0.267. The van der Waals surface area contributed by atoms with E-state index in [-0.39, 0.29) is 22.6 Å². The summed E-state index contributed by atoms with van der Waals surface area (Å²) in [5.41, 5.74) is 0.803. The first-order valence-corrected chi connectivity index (χ1v) is 7.31. The summed E-state index contributed by atoms with van der Waals surface area (Å²) in [5.74, 6) is -0.515. The summed E-state index contributed by atoms with van der Waals surface area (Å²) in [6, 6.07) is 5.71. The van der Waals surface area contributed by atoms with Crippen LogP contribution in [0.1, 0.15) is 30.3 Å². The number of aromatic nitrogens is 2. The van der Waals surface area contributed by atoms with Crippen LogP contribution in [0.15, 0.2) is 30.5 Å². The molecule has 2 N–H and O–H groups in total. The van der Waals surface area contributed by atoms with Gasteiger partial charge in [-0.15, -0.1) is 0 Å². The highest BCUT2D eigenvalue weighted by Crippen LogP contribution is 2.21. The van der Waals surface area contributed by atoms with Crippen LogP contribution in [0.5, 0.6) is 0 Å². The van der Waals surface area contributed by atoms with Crippen molar-refractivity contribution in [2.45, 2.75) is 19.8 Å². The largest absolute Gasteiger partial charge is 0.351 e. The molecule has 1 aromatic carbocycles. The molecule has 5 nitrogen and oxygen atoms in total. The van der Waals surface area contributed by atoms with E-state index in [1.807, 2.05) is 6.92 Å². The van der Waals surface area contributed by atoms with Gasteiger partial charge >= 0.3 is 0 Å². The molecule has 0 aliphatic heterocycles. The van der Waals surface area contributed by atoms with E-state index >= 15 is 0 Å². The topological polar surface area (TPSA) is 66.9 Å². The maximum Gasteiger partial charge on any atom is 0.270 e. The van der Waals surface area contributed by atoms with Gasteiger partial charge in [-0.3, -0.25) is 4.79 Å². The predicted molar refractivity (Wildman–Crippen MR) is 84.0 cm³/mol. The van der Waals surface area contributed by atoms with Crippen LogP contribution in [0.25, 0.3) is 0 Å². The van der Waals surface area contributed by atoms with Crippen molar-refractivity contribution < 1.29 is 9.18 Å². The summed E-state index contributed by atoms with van der Waals surface area (Å²) in [6.45, 7) is 2.66. The number of nitrogens with zero attached hydrogens (tertiary/aromatic N) is 2. The third-order valence-electron chi connectivity index (χ3n) is 2.88. The van der Waals surface area contributed by atoms with Crippen LogP contribution < -0.4 is 10.6 Å². The second kappa shape index (κ2) is 7.70. The summed E-state index contributed by atoms with van der Waals surface area (Å²) in [6.07, 6.45) is 3.40. The summed E-state index contributed by atoms with van der Waals surface area (Å²) in [7, 11) is 0. The lowest BCUT2D eigenvalue weighted by Gasteiger charge is -2.07. The lowest BCUT2D eigenvalue weighted by atomic mass is 10.3. The fourth-order valence-corrected chi connectivity index (χ4v) is 1.90. The van der Waals surface area contributed by atoms with Gasteiger partial charge in [-0.05, 0) is 30.7 Å². The Kier molecular flexibility index (Phi) is 5.66. The van der Waals surface area contributed by atoms with E-state index in [1.165, 1.54) is 30.5 Å². The summed E-state index contributed by atoms with van der Waals surface area (Å²) in [5, 5.41) is 5.66. The molecule has 1 heterocycles. The van der Waals surface area contributed by atoms with Crippen LogP contribution in [0.3, 0.4) is 0 Å². The molecule has 1 amide bonds. The first-order valence-electron chi connectivity index (χ1n) is 6.93. The van der Waals surface area contributed by atoms with E-state index in [1.54, 1.807) is 0 Å². The van der Waals surface area contributed by atoms with Gasteiger partial charge in [0.1, 0.15) is 11.5 Å². The Hall–Kier alpha value is -2.21. The average molecular weight is 323 g/mol. The molecule has 0 saturated carbocycles. The second-order valence-corrected chi connectivity index (χ2v) is 5.04. The van der Waals surface area contributed by atoms with Crippen molar-refractivity contribution in [3.63, 3.8) is 0 Å². The standard InChI is InChI=1S/C15H16ClFN4O/c1-2-3-7-18-14(22)13-6-8-19-15(21-13)20-10-4-5-12(17)11(16)9-10/h4-6,8-9H,2-3,7H2,1H3,(H,18,22)(H,19,20,21). The highest BCUT2D eigenvalue weighted by molar-refractivity contribution is 6.31. The van der Waals surface area contributed by atoms with Gasteiger partial charge in [0.25, 0.3) is 5.91 Å². The lowest BCUT2D eigenvalue weighted by molar-refractivity contribution is 0.0948. The van der Waals surface area contributed by atoms with E-state index in [0.29, 0.717) is 12.2 Å². The minimum atomic E-state index is -0.503. The summed E-state index contributed by atoms with van der Waals surface area (Å²) >= 11 is 5.71. The zero-order valence-corrected chi connectivity index (χ0v) is 12.8. The summed E-state index contributed by atoms with van der Waals surface area (Å²) < 4.78 is 13.1. The van der Waals surface area contributed by atoms with Crippen molar-refractivity contribution in [2.24, 2.45) is 0 Å². The molecule has 2 rings (SSSR count). The minimum Gasteiger partial charge on any atom is -0.351 e. The molecule has 0 atom stereocenters. The van der Waals surface area contributed by atoms with Gasteiger partial charge in [0.05, 0.1) is 5.02 Å². The van der Waals surface area contributed by atoms with Crippen molar-refractivity contribution in [1.82, 2.24) is 15.3 Å². The molecule has 0 saturated heterocycles. The van der Waals surface area contributed by atoms with Gasteiger partial charge in [0.2, 0.25) is 5.95 Å². The van der Waals surface area contributed by atoms with Gasteiger partial charge in [0.15, 0.2) is 0 Å². The number of amides is 1. The Labute approximate surface area is 132 Å². The van der Waals surface area contributed by atoms with E-state index in [9.17, 15) is 9.18 Å². The quantitative estimate of drug-likeness (QED) is 0.798. The zero-order chi connectivity index (χ0) is 15.9. The van der Waals surface area contributed by atoms with Crippen LogP contribution in [0.2, 0.25) is 5.02 Å². The minimum absolute atomic E-state index is 0.00142. The van der Waals surface area contributed by atoms with Crippen LogP contribution in [0.4, 0.5) is 16.0 Å². The number of unbranched alkanes of at least 4 members (excludes halogenated alkanes) is 1. The predicted octanol–water partition coefficient (Wildman–Crippen LogP) is 3.54. The number of nitrogens with one attached hydrogen (secondary N) is 2. The normalized spacial score (nSPS) is 10.3. The number of hydrogen-bond acceptors (Lipinski definition) is 4. The van der Waals surface area contributed by atoms with Crippen molar-refractivity contribution in [3.05, 3.63) is 47.0 Å². The second-order valence-electron chi connectivity index (χ2n) is 4.63. The Balaban J connectivity index is 2.07. The van der Waals surface area contributed by atoms with E-state index in [2.05, 4.69) is 20.6 Å². The fourth-order valence-electron chi connectivity index (χ4n) is 1.72. The molecule has 0 fully saturated rings. The summed E-state index contributed by atoms with van der Waals surface area (Å²) in [4.78, 5) is 20.1. The number of halogens is 2. The molecule has 0 aliphatic rings. The molecule has 22 heavy (non-hydrogen) atoms. The number of carbonyl (C=O) groups excluding carboxylic acids is 1. The van der Waals surface area contributed by atoms with Gasteiger partial charge in [-0.25, -0.2) is 14.4 Å². The van der Waals surface area contributed by atoms with Gasteiger partial charge in [-0.1, -0.05) is 24.9 Å². The Morgan fingerprint density at radius 3 is 2.91 bits per heavy atom. The van der Waals surface area contributed by atoms with E-state index in [4.69, 9.17) is 11.6 Å². The number of carbonyl (C=O) groups is 1. The maximum absolute atomic E-state index is 13.1. The Morgan fingerprint density at radius 1 is 1.36 bits per heavy atom. The smallest absolute Gasteiger partial charge is 0.270 e. The molecule has 0 aliphatic carbocycles.